The van der Waals surface area contributed by atoms with Crippen molar-refractivity contribution < 1.29 is 19.2 Å². The summed E-state index contributed by atoms with van der Waals surface area (Å²) in [6, 6.07) is 0. The third-order valence-electron chi connectivity index (χ3n) is 4.91. The highest BCUT2D eigenvalue weighted by atomic mass is 31.2. The Bertz CT molecular complexity index is 295. The van der Waals surface area contributed by atoms with Gasteiger partial charge in [0.25, 0.3) is 0 Å². The summed E-state index contributed by atoms with van der Waals surface area (Å²) in [7, 11) is -4.64. The lowest BCUT2D eigenvalue weighted by Gasteiger charge is -2.05. The van der Waals surface area contributed by atoms with Gasteiger partial charge in [0.15, 0.2) is 0 Å². The zero-order valence-corrected chi connectivity index (χ0v) is 19.7. The van der Waals surface area contributed by atoms with Crippen LogP contribution in [0.15, 0.2) is 0 Å². The topological polar surface area (TPSA) is 89.8 Å². The van der Waals surface area contributed by atoms with Gasteiger partial charge in [-0.15, -0.1) is 0 Å². The van der Waals surface area contributed by atoms with Gasteiger partial charge in [-0.25, -0.2) is 4.57 Å². The summed E-state index contributed by atoms with van der Waals surface area (Å²) in [4.78, 5) is 21.6. The van der Waals surface area contributed by atoms with Crippen LogP contribution >= 0.6 is 7.82 Å². The zero-order valence-electron chi connectivity index (χ0n) is 18.8. The summed E-state index contributed by atoms with van der Waals surface area (Å²) in [5.74, 6) is 0. The van der Waals surface area contributed by atoms with Crippen molar-refractivity contribution in [3.63, 3.8) is 0 Å². The predicted molar refractivity (Wildman–Crippen MR) is 122 cm³/mol. The van der Waals surface area contributed by atoms with Crippen molar-refractivity contribution in [2.45, 2.75) is 129 Å². The summed E-state index contributed by atoms with van der Waals surface area (Å²) < 4.78 is 8.88. The van der Waals surface area contributed by atoms with Crippen LogP contribution in [0.3, 0.4) is 0 Å². The maximum absolute atomic E-state index is 8.88. The van der Waals surface area contributed by atoms with E-state index in [4.69, 9.17) is 19.2 Å². The standard InChI is InChI=1S/C22H47N.H3O4P/c1-3-5-7-9-11-12-13-14-15-16-18-20-22-23-21-19-17-10-8-6-4-2;1-5(2,3)4/h23H,3-22H2,1-2H3;(H3,1,2,3,4). The van der Waals surface area contributed by atoms with E-state index < -0.39 is 7.82 Å². The largest absolute Gasteiger partial charge is 0.466 e. The molecule has 0 aromatic heterocycles. The van der Waals surface area contributed by atoms with Crippen molar-refractivity contribution in [2.75, 3.05) is 13.1 Å². The molecule has 0 radical (unpaired) electrons. The van der Waals surface area contributed by atoms with Crippen LogP contribution in [-0.4, -0.2) is 27.8 Å². The molecule has 0 unspecified atom stereocenters. The predicted octanol–water partition coefficient (Wildman–Crippen LogP) is 6.71. The highest BCUT2D eigenvalue weighted by Crippen LogP contribution is 2.25. The summed E-state index contributed by atoms with van der Waals surface area (Å²) in [6.07, 6.45) is 25.8. The first-order valence-electron chi connectivity index (χ1n) is 11.9. The quantitative estimate of drug-likeness (QED) is 0.129. The number of rotatable bonds is 20. The van der Waals surface area contributed by atoms with Crippen molar-refractivity contribution in [2.24, 2.45) is 0 Å². The van der Waals surface area contributed by atoms with Crippen molar-refractivity contribution in [3.05, 3.63) is 0 Å². The second-order valence-corrected chi connectivity index (χ2v) is 8.95. The van der Waals surface area contributed by atoms with Crippen LogP contribution in [0.1, 0.15) is 129 Å². The fourth-order valence-electron chi connectivity index (χ4n) is 3.25. The molecule has 0 aromatic rings. The first-order valence-corrected chi connectivity index (χ1v) is 13.5. The monoisotopic (exact) mass is 423 g/mol. The van der Waals surface area contributed by atoms with Gasteiger partial charge >= 0.3 is 7.82 Å². The van der Waals surface area contributed by atoms with E-state index in [9.17, 15) is 0 Å². The van der Waals surface area contributed by atoms with Gasteiger partial charge in [0, 0.05) is 0 Å². The molecule has 0 aliphatic heterocycles. The highest BCUT2D eigenvalue weighted by Gasteiger charge is 2.00. The van der Waals surface area contributed by atoms with Gasteiger partial charge in [0.05, 0.1) is 0 Å². The van der Waals surface area contributed by atoms with Crippen LogP contribution in [0.5, 0.6) is 0 Å². The SMILES string of the molecule is CCCCCCCCCCCCCCNCCCCCCCC.O=P(O)(O)O. The average Bonchev–Trinajstić information content (AvgIpc) is 2.62. The Labute approximate surface area is 175 Å². The van der Waals surface area contributed by atoms with Crippen molar-refractivity contribution in [1.29, 1.82) is 0 Å². The molecule has 0 atom stereocenters. The van der Waals surface area contributed by atoms with E-state index in [1.54, 1.807) is 0 Å². The molecule has 0 saturated heterocycles. The van der Waals surface area contributed by atoms with Crippen LogP contribution in [-0.2, 0) is 4.57 Å². The van der Waals surface area contributed by atoms with Crippen LogP contribution in [0.4, 0.5) is 0 Å². The summed E-state index contributed by atoms with van der Waals surface area (Å²) in [6.45, 7) is 7.07. The summed E-state index contributed by atoms with van der Waals surface area (Å²) in [5, 5.41) is 3.61. The fraction of sp³-hybridized carbons (Fsp3) is 1.00. The van der Waals surface area contributed by atoms with Gasteiger partial charge < -0.3 is 20.0 Å². The molecule has 0 rings (SSSR count). The van der Waals surface area contributed by atoms with Gasteiger partial charge in [0.2, 0.25) is 0 Å². The van der Waals surface area contributed by atoms with Crippen molar-refractivity contribution in [1.82, 2.24) is 5.32 Å². The number of hydrogen-bond acceptors (Lipinski definition) is 2. The Hall–Kier alpha value is 0.0700. The molecule has 172 valence electrons. The molecule has 0 aromatic carbocycles. The lowest BCUT2D eigenvalue weighted by molar-refractivity contribution is 0.275. The Morgan fingerprint density at radius 3 is 0.964 bits per heavy atom. The Balaban J connectivity index is 0. The number of unbranched alkanes of at least 4 members (excludes halogenated alkanes) is 16. The number of hydrogen-bond donors (Lipinski definition) is 4. The van der Waals surface area contributed by atoms with Crippen LogP contribution in [0.25, 0.3) is 0 Å². The molecular weight excluding hydrogens is 373 g/mol. The molecule has 5 nitrogen and oxygen atoms in total. The molecule has 0 heterocycles. The van der Waals surface area contributed by atoms with Gasteiger partial charge in [-0.1, -0.05) is 117 Å². The van der Waals surface area contributed by atoms with Crippen LogP contribution < -0.4 is 5.32 Å². The highest BCUT2D eigenvalue weighted by molar-refractivity contribution is 7.45. The Kier molecular flexibility index (Phi) is 27.1. The molecular formula is C22H50NO4P. The molecule has 28 heavy (non-hydrogen) atoms. The molecule has 0 amide bonds. The molecule has 0 saturated carbocycles. The maximum atomic E-state index is 8.88. The van der Waals surface area contributed by atoms with Gasteiger partial charge in [-0.2, -0.15) is 0 Å². The third kappa shape index (κ3) is 40.7. The van der Waals surface area contributed by atoms with Crippen molar-refractivity contribution >= 4 is 7.82 Å². The summed E-state index contributed by atoms with van der Waals surface area (Å²) in [5.41, 5.74) is 0. The van der Waals surface area contributed by atoms with Crippen molar-refractivity contribution in [3.8, 4) is 0 Å². The van der Waals surface area contributed by atoms with Gasteiger partial charge in [-0.3, -0.25) is 0 Å². The molecule has 0 aliphatic rings. The molecule has 6 heteroatoms. The smallest absolute Gasteiger partial charge is 0.317 e. The Morgan fingerprint density at radius 1 is 0.500 bits per heavy atom. The van der Waals surface area contributed by atoms with E-state index in [0.717, 1.165) is 0 Å². The number of phosphoric acid groups is 1. The minimum Gasteiger partial charge on any atom is -0.317 e. The fourth-order valence-corrected chi connectivity index (χ4v) is 3.25. The van der Waals surface area contributed by atoms with E-state index in [1.807, 2.05) is 0 Å². The first kappa shape index (κ1) is 30.3. The summed E-state index contributed by atoms with van der Waals surface area (Å²) >= 11 is 0. The lowest BCUT2D eigenvalue weighted by atomic mass is 10.1. The second-order valence-electron chi connectivity index (χ2n) is 7.92. The Morgan fingerprint density at radius 2 is 0.714 bits per heavy atom. The molecule has 0 aliphatic carbocycles. The maximum Gasteiger partial charge on any atom is 0.466 e. The van der Waals surface area contributed by atoms with E-state index in [2.05, 4.69) is 19.2 Å². The van der Waals surface area contributed by atoms with E-state index in [1.165, 1.54) is 129 Å². The second kappa shape index (κ2) is 25.1. The number of nitrogens with one attached hydrogen (secondary N) is 1. The third-order valence-corrected chi connectivity index (χ3v) is 4.91. The molecule has 0 bridgehead atoms. The minimum absolute atomic E-state index is 1.24. The van der Waals surface area contributed by atoms with E-state index in [0.29, 0.717) is 0 Å². The van der Waals surface area contributed by atoms with E-state index >= 15 is 0 Å². The zero-order chi connectivity index (χ0) is 21.3. The first-order chi connectivity index (χ1) is 13.4. The van der Waals surface area contributed by atoms with Gasteiger partial charge in [0.1, 0.15) is 0 Å². The minimum atomic E-state index is -4.64. The normalized spacial score (nSPS) is 11.3. The molecule has 0 spiro atoms. The average molecular weight is 424 g/mol. The van der Waals surface area contributed by atoms with Crippen LogP contribution in [0, 0.1) is 0 Å². The molecule has 0 fully saturated rings. The molecule has 4 N–H and O–H groups in total. The lowest BCUT2D eigenvalue weighted by Crippen LogP contribution is -2.16. The van der Waals surface area contributed by atoms with Gasteiger partial charge in [-0.05, 0) is 25.9 Å². The van der Waals surface area contributed by atoms with E-state index in [-0.39, 0.29) is 0 Å². The van der Waals surface area contributed by atoms with Crippen LogP contribution in [0.2, 0.25) is 0 Å².